The summed E-state index contributed by atoms with van der Waals surface area (Å²) in [6.45, 7) is 8.08. The van der Waals surface area contributed by atoms with Crippen molar-refractivity contribution < 1.29 is 41.9 Å². The third-order valence-corrected chi connectivity index (χ3v) is 5.40. The molecule has 0 aliphatic carbocycles. The molecule has 8 heteroatoms. The van der Waals surface area contributed by atoms with E-state index in [0.29, 0.717) is 0 Å². The summed E-state index contributed by atoms with van der Waals surface area (Å²) in [6.07, 6.45) is 0. The Morgan fingerprint density at radius 3 is 1.48 bits per heavy atom. The summed E-state index contributed by atoms with van der Waals surface area (Å²) >= 11 is 7.02. The number of rotatable bonds is 4. The quantitative estimate of drug-likeness (QED) is 0.320. The van der Waals surface area contributed by atoms with Crippen LogP contribution in [0.5, 0.6) is 0 Å². The van der Waals surface area contributed by atoms with Crippen LogP contribution in [0.2, 0.25) is 0 Å². The number of hydrogen-bond donors (Lipinski definition) is 0. The van der Waals surface area contributed by atoms with Gasteiger partial charge in [-0.3, -0.25) is 9.98 Å². The van der Waals surface area contributed by atoms with Crippen LogP contribution in [0.15, 0.2) is 73.5 Å². The van der Waals surface area contributed by atoms with Gasteiger partial charge in [0.05, 0.1) is 34.2 Å². The van der Waals surface area contributed by atoms with Gasteiger partial charge < -0.3 is 24.8 Å². The largest absolute Gasteiger partial charge is 2.00 e. The maximum atomic E-state index is 4.78. The van der Waals surface area contributed by atoms with Gasteiger partial charge in [-0.1, -0.05) is 50.1 Å². The molecule has 31 heavy (non-hydrogen) atoms. The van der Waals surface area contributed by atoms with Crippen molar-refractivity contribution in [3.8, 4) is 0 Å². The molecule has 2 aromatic carbocycles. The van der Waals surface area contributed by atoms with Crippen LogP contribution in [0.3, 0.4) is 0 Å². The summed E-state index contributed by atoms with van der Waals surface area (Å²) in [5, 5.41) is 0. The van der Waals surface area contributed by atoms with Gasteiger partial charge in [0.2, 0.25) is 0 Å². The third kappa shape index (κ3) is 8.12. The van der Waals surface area contributed by atoms with Crippen LogP contribution in [-0.2, 0) is 17.1 Å². The first-order valence-electron chi connectivity index (χ1n) is 8.94. The second-order valence-electron chi connectivity index (χ2n) is 6.66. The van der Waals surface area contributed by atoms with Crippen molar-refractivity contribution in [1.82, 2.24) is 4.98 Å². The number of nitrogens with zero attached hydrogens (tertiary/aromatic N) is 3. The summed E-state index contributed by atoms with van der Waals surface area (Å²) in [5.74, 6) is 0. The molecule has 3 aromatic rings. The Labute approximate surface area is 223 Å². The molecule has 3 nitrogen and oxygen atoms in total. The van der Waals surface area contributed by atoms with Crippen LogP contribution >= 0.6 is 31.9 Å². The molecule has 0 N–H and O–H groups in total. The molecule has 0 saturated heterocycles. The van der Waals surface area contributed by atoms with E-state index in [-0.39, 0.29) is 41.9 Å². The predicted molar refractivity (Wildman–Crippen MR) is 126 cm³/mol. The van der Waals surface area contributed by atoms with Crippen molar-refractivity contribution in [2.24, 2.45) is 9.98 Å². The molecule has 1 heterocycles. The van der Waals surface area contributed by atoms with Gasteiger partial charge in [-0.05, 0) is 75.2 Å². The molecule has 0 saturated carbocycles. The molecule has 164 valence electrons. The first kappa shape index (κ1) is 30.0. The fourth-order valence-corrected chi connectivity index (χ4v) is 3.42. The normalized spacial score (nSPS) is 11.2. The first-order chi connectivity index (χ1) is 13.3. The smallest absolute Gasteiger partial charge is 1.00 e. The van der Waals surface area contributed by atoms with Crippen LogP contribution < -0.4 is 24.8 Å². The van der Waals surface area contributed by atoms with E-state index in [1.165, 1.54) is 0 Å². The molecule has 0 aliphatic rings. The number of aliphatic imine (C=N–C) groups is 2. The van der Waals surface area contributed by atoms with Crippen molar-refractivity contribution in [1.29, 1.82) is 0 Å². The van der Waals surface area contributed by atoms with Crippen LogP contribution in [0, 0.1) is 13.8 Å². The molecule has 0 unspecified atom stereocenters. The van der Waals surface area contributed by atoms with E-state index in [1.807, 2.05) is 56.3 Å². The molecule has 0 bridgehead atoms. The van der Waals surface area contributed by atoms with E-state index in [1.54, 1.807) is 0 Å². The number of aryl methyl sites for hydroxylation is 2. The number of hydrogen-bond acceptors (Lipinski definition) is 3. The van der Waals surface area contributed by atoms with E-state index in [2.05, 4.69) is 57.8 Å². The van der Waals surface area contributed by atoms with E-state index < -0.39 is 0 Å². The first-order valence-corrected chi connectivity index (χ1v) is 10.5. The van der Waals surface area contributed by atoms with Gasteiger partial charge in [0, 0.05) is 8.95 Å². The van der Waals surface area contributed by atoms with E-state index in [9.17, 15) is 0 Å². The molecular weight excluding hydrogens is 605 g/mol. The molecule has 0 spiro atoms. The zero-order chi connectivity index (χ0) is 20.3. The molecule has 0 atom stereocenters. The summed E-state index contributed by atoms with van der Waals surface area (Å²) < 4.78 is 2.03. The molecular formula is C23H21Br2Cl2FeN3. The molecule has 0 amide bonds. The minimum atomic E-state index is 0. The zero-order valence-corrected chi connectivity index (χ0v) is 23.2. The summed E-state index contributed by atoms with van der Waals surface area (Å²) in [5.41, 5.74) is 7.56. The number of pyridine rings is 1. The van der Waals surface area contributed by atoms with Gasteiger partial charge in [0.25, 0.3) is 0 Å². The van der Waals surface area contributed by atoms with Gasteiger partial charge in [-0.25, -0.2) is 4.98 Å². The topological polar surface area (TPSA) is 37.6 Å². The van der Waals surface area contributed by atoms with Crippen LogP contribution in [0.25, 0.3) is 0 Å². The number of halogens is 4. The van der Waals surface area contributed by atoms with Crippen molar-refractivity contribution in [2.45, 2.75) is 27.7 Å². The second-order valence-corrected chi connectivity index (χ2v) is 8.50. The van der Waals surface area contributed by atoms with Crippen LogP contribution in [0.4, 0.5) is 11.4 Å². The monoisotopic (exact) mass is 623 g/mol. The Kier molecular flexibility index (Phi) is 13.1. The Morgan fingerprint density at radius 1 is 0.710 bits per heavy atom. The Hall–Kier alpha value is -1.01. The summed E-state index contributed by atoms with van der Waals surface area (Å²) in [4.78, 5) is 14.3. The molecule has 0 fully saturated rings. The number of aromatic nitrogens is 1. The summed E-state index contributed by atoms with van der Waals surface area (Å²) in [6, 6.07) is 18.1. The zero-order valence-electron chi connectivity index (χ0n) is 17.4. The van der Waals surface area contributed by atoms with Crippen molar-refractivity contribution in [3.05, 3.63) is 86.1 Å². The molecule has 0 radical (unpaired) electrons. The fraction of sp³-hybridized carbons (Fsp3) is 0.174. The fourth-order valence-electron chi connectivity index (χ4n) is 2.72. The average molecular weight is 626 g/mol. The van der Waals surface area contributed by atoms with Gasteiger partial charge in [0.1, 0.15) is 0 Å². The average Bonchev–Trinajstić information content (AvgIpc) is 2.67. The van der Waals surface area contributed by atoms with Crippen LogP contribution in [-0.4, -0.2) is 16.4 Å². The minimum Gasteiger partial charge on any atom is -1.00 e. The van der Waals surface area contributed by atoms with Gasteiger partial charge in [0.15, 0.2) is 0 Å². The minimum absolute atomic E-state index is 0. The van der Waals surface area contributed by atoms with Gasteiger partial charge in [-0.2, -0.15) is 0 Å². The van der Waals surface area contributed by atoms with Gasteiger partial charge in [-0.15, -0.1) is 0 Å². The van der Waals surface area contributed by atoms with Crippen molar-refractivity contribution >= 4 is 54.7 Å². The predicted octanol–water partition coefficient (Wildman–Crippen LogP) is 1.51. The SMILES string of the molecule is CC(=Nc1cc(Br)ccc1C)c1cccc(C(C)=Nc2cc(Br)ccc2C)n1.[Cl-].[Cl-].[Fe+2]. The van der Waals surface area contributed by atoms with Gasteiger partial charge >= 0.3 is 17.1 Å². The molecule has 1 aromatic heterocycles. The Morgan fingerprint density at radius 2 is 1.10 bits per heavy atom. The Balaban J connectivity index is 0.00000300. The Bertz CT molecular complexity index is 1020. The summed E-state index contributed by atoms with van der Waals surface area (Å²) in [7, 11) is 0. The molecule has 0 aliphatic heterocycles. The van der Waals surface area contributed by atoms with E-state index >= 15 is 0 Å². The third-order valence-electron chi connectivity index (χ3n) is 4.41. The maximum Gasteiger partial charge on any atom is 2.00 e. The standard InChI is InChI=1S/C23H21Br2N3.2ClH.Fe/c1-14-8-10-18(24)12-22(14)26-16(3)20-6-5-7-21(28-20)17(4)27-23-13-19(25)11-9-15(23)2;;;/h5-13H,1-4H3;2*1H;/q;;;+2/p-2. The van der Waals surface area contributed by atoms with E-state index in [0.717, 1.165) is 54.3 Å². The van der Waals surface area contributed by atoms with Crippen LogP contribution in [0.1, 0.15) is 36.4 Å². The molecule has 3 rings (SSSR count). The van der Waals surface area contributed by atoms with Crippen molar-refractivity contribution in [3.63, 3.8) is 0 Å². The second kappa shape index (κ2) is 13.5. The number of benzene rings is 2. The maximum absolute atomic E-state index is 4.78. The van der Waals surface area contributed by atoms with E-state index in [4.69, 9.17) is 15.0 Å². The van der Waals surface area contributed by atoms with Crippen molar-refractivity contribution in [2.75, 3.05) is 0 Å².